The number of esters is 1. The van der Waals surface area contributed by atoms with Crippen LogP contribution in [0.25, 0.3) is 0 Å². The van der Waals surface area contributed by atoms with Gasteiger partial charge in [0.25, 0.3) is 23.4 Å². The predicted octanol–water partition coefficient (Wildman–Crippen LogP) is 2.68. The minimum absolute atomic E-state index is 0.0146. The number of amides is 4. The number of anilines is 1. The second-order valence-corrected chi connectivity index (χ2v) is 8.19. The highest BCUT2D eigenvalue weighted by atomic mass is 16.6. The van der Waals surface area contributed by atoms with Gasteiger partial charge in [-0.15, -0.1) is 0 Å². The Balaban J connectivity index is 1.40. The zero-order valence-corrected chi connectivity index (χ0v) is 19.9. The maximum atomic E-state index is 12.8. The first-order valence-corrected chi connectivity index (χ1v) is 11.2. The van der Waals surface area contributed by atoms with Gasteiger partial charge in [0.15, 0.2) is 0 Å². The molecular formula is C26H20N4O8. The van der Waals surface area contributed by atoms with Crippen molar-refractivity contribution < 1.29 is 33.6 Å². The maximum absolute atomic E-state index is 12.8. The van der Waals surface area contributed by atoms with Crippen molar-refractivity contribution >= 4 is 41.0 Å². The first kappa shape index (κ1) is 25.7. The molecular weight excluding hydrogens is 496 g/mol. The van der Waals surface area contributed by atoms with Crippen molar-refractivity contribution in [3.05, 3.63) is 99.1 Å². The Hall–Kier alpha value is -5.39. The number of nitrogens with one attached hydrogen (secondary N) is 2. The molecule has 0 radical (unpaired) electrons. The molecule has 0 saturated carbocycles. The molecule has 0 saturated heterocycles. The van der Waals surface area contributed by atoms with Crippen LogP contribution in [0.2, 0.25) is 0 Å². The van der Waals surface area contributed by atoms with Crippen molar-refractivity contribution in [2.45, 2.75) is 13.5 Å². The fourth-order valence-electron chi connectivity index (χ4n) is 3.79. The van der Waals surface area contributed by atoms with E-state index in [1.54, 1.807) is 36.4 Å². The Morgan fingerprint density at radius 1 is 0.947 bits per heavy atom. The van der Waals surface area contributed by atoms with Crippen LogP contribution in [0.15, 0.2) is 66.7 Å². The second-order valence-electron chi connectivity index (χ2n) is 8.19. The number of nitro groups is 1. The minimum atomic E-state index is -0.799. The van der Waals surface area contributed by atoms with Crippen molar-refractivity contribution in [2.75, 3.05) is 11.9 Å². The van der Waals surface area contributed by atoms with E-state index in [9.17, 15) is 34.1 Å². The van der Waals surface area contributed by atoms with Crippen LogP contribution in [0.3, 0.4) is 0 Å². The zero-order chi connectivity index (χ0) is 27.4. The molecule has 3 aromatic carbocycles. The molecule has 0 aliphatic carbocycles. The quantitative estimate of drug-likeness (QED) is 0.152. The van der Waals surface area contributed by atoms with Crippen LogP contribution in [-0.4, -0.2) is 46.0 Å². The Morgan fingerprint density at radius 3 is 2.42 bits per heavy atom. The van der Waals surface area contributed by atoms with Gasteiger partial charge < -0.3 is 15.4 Å². The molecule has 0 bridgehead atoms. The van der Waals surface area contributed by atoms with Gasteiger partial charge in [-0.25, -0.2) is 0 Å². The van der Waals surface area contributed by atoms with Gasteiger partial charge >= 0.3 is 5.97 Å². The fourth-order valence-corrected chi connectivity index (χ4v) is 3.79. The van der Waals surface area contributed by atoms with E-state index >= 15 is 0 Å². The SMILES string of the molecule is CC(=O)Oc1cccc(C(=O)Nc2ccccc2CNC(=O)CN2C(=O)c3ccc([N+](=O)[O-])cc3C2=O)c1. The predicted molar refractivity (Wildman–Crippen MR) is 132 cm³/mol. The smallest absolute Gasteiger partial charge is 0.308 e. The van der Waals surface area contributed by atoms with Gasteiger partial charge in [-0.05, 0) is 35.9 Å². The number of imide groups is 1. The van der Waals surface area contributed by atoms with Crippen molar-refractivity contribution in [2.24, 2.45) is 0 Å². The normalized spacial score (nSPS) is 12.1. The van der Waals surface area contributed by atoms with Crippen molar-refractivity contribution in [1.29, 1.82) is 0 Å². The van der Waals surface area contributed by atoms with Gasteiger partial charge in [0.2, 0.25) is 5.91 Å². The highest BCUT2D eigenvalue weighted by Gasteiger charge is 2.37. The third-order valence-electron chi connectivity index (χ3n) is 5.57. The molecule has 192 valence electrons. The maximum Gasteiger partial charge on any atom is 0.308 e. The standard InChI is InChI=1S/C26H20N4O8/c1-15(31)38-19-7-4-6-16(11-19)24(33)28-22-8-3-2-5-17(22)13-27-23(32)14-29-25(34)20-10-9-18(30(36)37)12-21(20)26(29)35/h2-12H,13-14H2,1H3,(H,27,32)(H,28,33). The van der Waals surface area contributed by atoms with Crippen molar-refractivity contribution in [3.8, 4) is 5.75 Å². The Morgan fingerprint density at radius 2 is 1.68 bits per heavy atom. The lowest BCUT2D eigenvalue weighted by molar-refractivity contribution is -0.384. The van der Waals surface area contributed by atoms with E-state index in [-0.39, 0.29) is 34.7 Å². The number of nitro benzene ring substituents is 1. The van der Waals surface area contributed by atoms with Gasteiger partial charge in [-0.2, -0.15) is 0 Å². The molecule has 1 aliphatic rings. The summed E-state index contributed by atoms with van der Waals surface area (Å²) in [7, 11) is 0. The number of nitrogens with zero attached hydrogens (tertiary/aromatic N) is 2. The highest BCUT2D eigenvalue weighted by Crippen LogP contribution is 2.26. The number of para-hydroxylation sites is 1. The van der Waals surface area contributed by atoms with Gasteiger partial charge in [-0.1, -0.05) is 24.3 Å². The number of fused-ring (bicyclic) bond motifs is 1. The highest BCUT2D eigenvalue weighted by molar-refractivity contribution is 6.22. The lowest BCUT2D eigenvalue weighted by atomic mass is 10.1. The van der Waals surface area contributed by atoms with Gasteiger partial charge in [0.1, 0.15) is 12.3 Å². The van der Waals surface area contributed by atoms with Crippen molar-refractivity contribution in [1.82, 2.24) is 10.2 Å². The van der Waals surface area contributed by atoms with Crippen LogP contribution in [0.4, 0.5) is 11.4 Å². The molecule has 1 aliphatic heterocycles. The molecule has 0 atom stereocenters. The number of carbonyl (C=O) groups excluding carboxylic acids is 5. The monoisotopic (exact) mass is 516 g/mol. The lowest BCUT2D eigenvalue weighted by Gasteiger charge is -2.15. The molecule has 0 aromatic heterocycles. The molecule has 12 heteroatoms. The topological polar surface area (TPSA) is 165 Å². The average molecular weight is 516 g/mol. The molecule has 38 heavy (non-hydrogen) atoms. The summed E-state index contributed by atoms with van der Waals surface area (Å²) in [6.07, 6.45) is 0. The first-order chi connectivity index (χ1) is 18.1. The first-order valence-electron chi connectivity index (χ1n) is 11.2. The van der Waals surface area contributed by atoms with Gasteiger partial charge in [0.05, 0.1) is 16.1 Å². The van der Waals surface area contributed by atoms with Crippen LogP contribution in [0.5, 0.6) is 5.75 Å². The molecule has 0 spiro atoms. The Bertz CT molecular complexity index is 1500. The third kappa shape index (κ3) is 5.54. The molecule has 1 heterocycles. The van der Waals surface area contributed by atoms with E-state index in [1.165, 1.54) is 25.1 Å². The molecule has 4 amide bonds. The van der Waals surface area contributed by atoms with Gasteiger partial charge in [-0.3, -0.25) is 39.0 Å². The lowest BCUT2D eigenvalue weighted by Crippen LogP contribution is -2.40. The van der Waals surface area contributed by atoms with Crippen LogP contribution in [-0.2, 0) is 16.1 Å². The Labute approximate surface area is 215 Å². The molecule has 3 aromatic rings. The third-order valence-corrected chi connectivity index (χ3v) is 5.57. The van der Waals surface area contributed by atoms with E-state index in [4.69, 9.17) is 4.74 Å². The van der Waals surface area contributed by atoms with Crippen LogP contribution >= 0.6 is 0 Å². The van der Waals surface area contributed by atoms with E-state index in [0.717, 1.165) is 12.1 Å². The number of carbonyl (C=O) groups is 5. The average Bonchev–Trinajstić information content (AvgIpc) is 3.12. The summed E-state index contributed by atoms with van der Waals surface area (Å²) in [6.45, 7) is 0.632. The van der Waals surface area contributed by atoms with E-state index in [2.05, 4.69) is 10.6 Å². The van der Waals surface area contributed by atoms with Crippen LogP contribution < -0.4 is 15.4 Å². The molecule has 0 fully saturated rings. The summed E-state index contributed by atoms with van der Waals surface area (Å²) >= 11 is 0. The summed E-state index contributed by atoms with van der Waals surface area (Å²) in [4.78, 5) is 72.7. The Kier molecular flexibility index (Phi) is 7.24. The second kappa shape index (κ2) is 10.7. The van der Waals surface area contributed by atoms with Gasteiger partial charge in [0, 0.05) is 36.9 Å². The summed E-state index contributed by atoms with van der Waals surface area (Å²) < 4.78 is 5.00. The molecule has 2 N–H and O–H groups in total. The fraction of sp³-hybridized carbons (Fsp3) is 0.115. The number of ether oxygens (including phenoxy) is 1. The number of non-ortho nitro benzene ring substituents is 1. The number of hydrogen-bond donors (Lipinski definition) is 2. The summed E-state index contributed by atoms with van der Waals surface area (Å²) in [6, 6.07) is 16.1. The number of rotatable bonds is 8. The van der Waals surface area contributed by atoms with E-state index in [0.29, 0.717) is 16.2 Å². The number of hydrogen-bond acceptors (Lipinski definition) is 8. The van der Waals surface area contributed by atoms with Crippen molar-refractivity contribution in [3.63, 3.8) is 0 Å². The summed E-state index contributed by atoms with van der Waals surface area (Å²) in [5, 5.41) is 16.3. The molecule has 0 unspecified atom stereocenters. The van der Waals surface area contributed by atoms with E-state index in [1.807, 2.05) is 0 Å². The van der Waals surface area contributed by atoms with Crippen LogP contribution in [0, 0.1) is 10.1 Å². The van der Waals surface area contributed by atoms with E-state index < -0.39 is 41.1 Å². The minimum Gasteiger partial charge on any atom is -0.427 e. The molecule has 4 rings (SSSR count). The van der Waals surface area contributed by atoms with Crippen LogP contribution in [0.1, 0.15) is 43.6 Å². The summed E-state index contributed by atoms with van der Waals surface area (Å²) in [5.74, 6) is -2.95. The largest absolute Gasteiger partial charge is 0.427 e. The zero-order valence-electron chi connectivity index (χ0n) is 19.9. The molecule has 12 nitrogen and oxygen atoms in total. The summed E-state index contributed by atoms with van der Waals surface area (Å²) in [5.41, 5.74) is 0.704. The number of benzene rings is 3.